The molecule has 1 heterocycles. The average molecular weight is 334 g/mol. The van der Waals surface area contributed by atoms with Crippen LogP contribution >= 0.6 is 15.9 Å². The van der Waals surface area contributed by atoms with Crippen molar-refractivity contribution in [2.75, 3.05) is 0 Å². The molecule has 0 aliphatic carbocycles. The van der Waals surface area contributed by atoms with Gasteiger partial charge in [-0.2, -0.15) is 0 Å². The Morgan fingerprint density at radius 3 is 2.35 bits per heavy atom. The van der Waals surface area contributed by atoms with Crippen LogP contribution in [0.15, 0.2) is 28.7 Å². The van der Waals surface area contributed by atoms with Crippen LogP contribution in [0.2, 0.25) is 0 Å². The zero-order valence-electron chi connectivity index (χ0n) is 11.6. The number of nitrogens with two attached hydrogens (primary N) is 1. The molecule has 0 bridgehead atoms. The van der Waals surface area contributed by atoms with E-state index >= 15 is 0 Å². The van der Waals surface area contributed by atoms with Crippen molar-refractivity contribution in [3.63, 3.8) is 0 Å². The number of nitrogen functional groups attached to an aromatic ring is 1. The molecule has 0 saturated heterocycles. The predicted octanol–water partition coefficient (Wildman–Crippen LogP) is 3.85. The zero-order valence-corrected chi connectivity index (χ0v) is 13.2. The molecule has 2 rings (SSSR count). The molecule has 0 radical (unpaired) electrons. The summed E-state index contributed by atoms with van der Waals surface area (Å²) in [7, 11) is 0. The van der Waals surface area contributed by atoms with Gasteiger partial charge in [-0.15, -0.1) is 0 Å². The second-order valence-electron chi connectivity index (χ2n) is 4.69. The lowest BCUT2D eigenvalue weighted by molar-refractivity contribution is 0.459. The Kier molecular flexibility index (Phi) is 4.09. The number of aryl methyl sites for hydroxylation is 3. The maximum atomic E-state index is 7.58. The Morgan fingerprint density at radius 2 is 1.80 bits per heavy atom. The fourth-order valence-corrected chi connectivity index (χ4v) is 2.12. The molecule has 5 heteroatoms. The van der Waals surface area contributed by atoms with E-state index in [1.54, 1.807) is 6.07 Å². The Balaban J connectivity index is 2.44. The molecule has 4 nitrogen and oxygen atoms in total. The number of rotatable bonds is 3. The van der Waals surface area contributed by atoms with Crippen LogP contribution in [0.5, 0.6) is 11.6 Å². The first-order chi connectivity index (χ1) is 9.38. The molecule has 0 saturated carbocycles. The number of benzene rings is 1. The van der Waals surface area contributed by atoms with E-state index in [9.17, 15) is 0 Å². The maximum absolute atomic E-state index is 7.58. The summed E-state index contributed by atoms with van der Waals surface area (Å²) in [6.45, 7) is 5.87. The van der Waals surface area contributed by atoms with E-state index < -0.39 is 0 Å². The fourth-order valence-electron chi connectivity index (χ4n) is 1.89. The Morgan fingerprint density at radius 1 is 1.20 bits per heavy atom. The van der Waals surface area contributed by atoms with Crippen molar-refractivity contribution in [1.82, 2.24) is 4.98 Å². The van der Waals surface area contributed by atoms with Gasteiger partial charge in [0, 0.05) is 10.2 Å². The van der Waals surface area contributed by atoms with Gasteiger partial charge in [0.2, 0.25) is 5.88 Å². The predicted molar refractivity (Wildman–Crippen MR) is 83.7 cm³/mol. The number of hydrogen-bond acceptors (Lipinski definition) is 3. The van der Waals surface area contributed by atoms with Crippen molar-refractivity contribution in [2.24, 2.45) is 5.73 Å². The number of hydrogen-bond donors (Lipinski definition) is 2. The number of ether oxygens (including phenoxy) is 1. The molecule has 0 spiro atoms. The number of amidine groups is 1. The quantitative estimate of drug-likeness (QED) is 0.662. The van der Waals surface area contributed by atoms with Crippen molar-refractivity contribution in [1.29, 1.82) is 5.41 Å². The third kappa shape index (κ3) is 2.99. The van der Waals surface area contributed by atoms with E-state index in [0.717, 1.165) is 21.3 Å². The van der Waals surface area contributed by atoms with Gasteiger partial charge in [-0.05, 0) is 56.2 Å². The molecule has 1 aromatic heterocycles. The highest BCUT2D eigenvalue weighted by Gasteiger charge is 2.11. The van der Waals surface area contributed by atoms with Crippen LogP contribution in [-0.2, 0) is 0 Å². The average Bonchev–Trinajstić information content (AvgIpc) is 2.35. The summed E-state index contributed by atoms with van der Waals surface area (Å²) in [5.41, 5.74) is 9.03. The summed E-state index contributed by atoms with van der Waals surface area (Å²) >= 11 is 3.52. The van der Waals surface area contributed by atoms with E-state index in [1.807, 2.05) is 39.0 Å². The first-order valence-corrected chi connectivity index (χ1v) is 6.94. The first-order valence-electron chi connectivity index (χ1n) is 6.15. The van der Waals surface area contributed by atoms with Gasteiger partial charge in [0.05, 0.1) is 5.56 Å². The van der Waals surface area contributed by atoms with E-state index in [1.165, 1.54) is 0 Å². The van der Waals surface area contributed by atoms with E-state index in [-0.39, 0.29) is 5.84 Å². The summed E-state index contributed by atoms with van der Waals surface area (Å²) in [4.78, 5) is 4.32. The Labute approximate surface area is 126 Å². The lowest BCUT2D eigenvalue weighted by Gasteiger charge is -2.12. The highest BCUT2D eigenvalue weighted by molar-refractivity contribution is 9.10. The van der Waals surface area contributed by atoms with Gasteiger partial charge >= 0.3 is 0 Å². The number of nitrogens with zero attached hydrogens (tertiary/aromatic N) is 1. The molecule has 0 atom stereocenters. The third-order valence-corrected chi connectivity index (χ3v) is 4.17. The van der Waals surface area contributed by atoms with Gasteiger partial charge in [0.1, 0.15) is 11.6 Å². The van der Waals surface area contributed by atoms with Gasteiger partial charge < -0.3 is 10.5 Å². The normalized spacial score (nSPS) is 10.4. The van der Waals surface area contributed by atoms with E-state index in [2.05, 4.69) is 20.9 Å². The Bertz CT molecular complexity index is 660. The molecule has 0 fully saturated rings. The SMILES string of the molecule is Cc1ccc(C(=N)N)c(Oc2cc(C)c(Br)c(C)c2)n1. The number of aromatic nitrogens is 1. The van der Waals surface area contributed by atoms with Crippen LogP contribution in [0.1, 0.15) is 22.4 Å². The van der Waals surface area contributed by atoms with Gasteiger partial charge in [-0.3, -0.25) is 5.41 Å². The number of pyridine rings is 1. The van der Waals surface area contributed by atoms with Crippen LogP contribution in [-0.4, -0.2) is 10.8 Å². The van der Waals surface area contributed by atoms with Crippen LogP contribution in [0.3, 0.4) is 0 Å². The third-order valence-electron chi connectivity index (χ3n) is 2.91. The standard InChI is InChI=1S/C15H16BrN3O/c1-8-6-11(7-9(2)13(8)16)20-15-12(14(17)18)5-4-10(3)19-15/h4-7H,1-3H3,(H3,17,18). The van der Waals surface area contributed by atoms with Crippen molar-refractivity contribution in [3.8, 4) is 11.6 Å². The zero-order chi connectivity index (χ0) is 14.9. The smallest absolute Gasteiger partial charge is 0.230 e. The van der Waals surface area contributed by atoms with Crippen molar-refractivity contribution < 1.29 is 4.74 Å². The van der Waals surface area contributed by atoms with Crippen LogP contribution in [0.25, 0.3) is 0 Å². The minimum atomic E-state index is -0.0574. The van der Waals surface area contributed by atoms with Gasteiger partial charge in [0.25, 0.3) is 0 Å². The summed E-state index contributed by atoms with van der Waals surface area (Å²) in [6, 6.07) is 7.40. The van der Waals surface area contributed by atoms with E-state index in [0.29, 0.717) is 17.2 Å². The van der Waals surface area contributed by atoms with Gasteiger partial charge in [0.15, 0.2) is 0 Å². The largest absolute Gasteiger partial charge is 0.438 e. The van der Waals surface area contributed by atoms with Gasteiger partial charge in [-0.25, -0.2) is 4.98 Å². The van der Waals surface area contributed by atoms with E-state index in [4.69, 9.17) is 15.9 Å². The fraction of sp³-hybridized carbons (Fsp3) is 0.200. The second-order valence-corrected chi connectivity index (χ2v) is 5.49. The summed E-state index contributed by atoms with van der Waals surface area (Å²) in [6.07, 6.45) is 0. The molecular weight excluding hydrogens is 318 g/mol. The number of nitrogens with one attached hydrogen (secondary N) is 1. The minimum absolute atomic E-state index is 0.0574. The molecule has 1 aromatic carbocycles. The highest BCUT2D eigenvalue weighted by Crippen LogP contribution is 2.30. The molecule has 0 aliphatic heterocycles. The monoisotopic (exact) mass is 333 g/mol. The molecule has 0 aliphatic rings. The molecule has 20 heavy (non-hydrogen) atoms. The van der Waals surface area contributed by atoms with Gasteiger partial charge in [-0.1, -0.05) is 15.9 Å². The molecule has 104 valence electrons. The topological polar surface area (TPSA) is 72.0 Å². The molecule has 0 unspecified atom stereocenters. The van der Waals surface area contributed by atoms with Crippen molar-refractivity contribution in [2.45, 2.75) is 20.8 Å². The van der Waals surface area contributed by atoms with Crippen LogP contribution in [0.4, 0.5) is 0 Å². The van der Waals surface area contributed by atoms with Crippen molar-refractivity contribution in [3.05, 3.63) is 51.1 Å². The maximum Gasteiger partial charge on any atom is 0.230 e. The molecular formula is C15H16BrN3O. The molecule has 3 N–H and O–H groups in total. The summed E-state index contributed by atoms with van der Waals surface area (Å²) < 4.78 is 6.88. The van der Waals surface area contributed by atoms with Crippen molar-refractivity contribution >= 4 is 21.8 Å². The lowest BCUT2D eigenvalue weighted by Crippen LogP contribution is -2.13. The Hall–Kier alpha value is -1.88. The lowest BCUT2D eigenvalue weighted by atomic mass is 10.1. The summed E-state index contributed by atoms with van der Waals surface area (Å²) in [5.74, 6) is 0.987. The molecule has 0 amide bonds. The minimum Gasteiger partial charge on any atom is -0.438 e. The highest BCUT2D eigenvalue weighted by atomic mass is 79.9. The van der Waals surface area contributed by atoms with Crippen LogP contribution < -0.4 is 10.5 Å². The summed E-state index contributed by atoms with van der Waals surface area (Å²) in [5, 5.41) is 7.58. The second kappa shape index (κ2) is 5.63. The first kappa shape index (κ1) is 14.5. The number of halogens is 1. The molecule has 2 aromatic rings. The van der Waals surface area contributed by atoms with Crippen LogP contribution in [0, 0.1) is 26.2 Å².